The minimum atomic E-state index is -0.446. The molecule has 26 heavy (non-hydrogen) atoms. The smallest absolute Gasteiger partial charge is 0.253 e. The molecule has 8 heteroatoms. The first-order valence-corrected chi connectivity index (χ1v) is 8.41. The Morgan fingerprint density at radius 1 is 1.04 bits per heavy atom. The van der Waals surface area contributed by atoms with Crippen LogP contribution in [0.1, 0.15) is 44.0 Å². The summed E-state index contributed by atoms with van der Waals surface area (Å²) in [4.78, 5) is 35.9. The highest BCUT2D eigenvalue weighted by atomic mass is 35.5. The minimum absolute atomic E-state index is 0. The summed E-state index contributed by atoms with van der Waals surface area (Å²) < 4.78 is 0. The number of hydrogen-bond acceptors (Lipinski definition) is 4. The first-order valence-electron chi connectivity index (χ1n) is 8.41. The van der Waals surface area contributed by atoms with Crippen LogP contribution in [0.5, 0.6) is 0 Å². The summed E-state index contributed by atoms with van der Waals surface area (Å²) >= 11 is 0. The molecule has 5 N–H and O–H groups in total. The monoisotopic (exact) mass is 384 g/mol. The Morgan fingerprint density at radius 3 is 2.31 bits per heavy atom. The van der Waals surface area contributed by atoms with Gasteiger partial charge in [0.15, 0.2) is 0 Å². The zero-order valence-electron chi connectivity index (χ0n) is 15.6. The van der Waals surface area contributed by atoms with E-state index in [1.807, 2.05) is 20.8 Å². The number of carbonyl (C=O) groups is 3. The van der Waals surface area contributed by atoms with Crippen LogP contribution in [0.15, 0.2) is 24.3 Å². The molecule has 0 unspecified atom stereocenters. The molecule has 1 aromatic rings. The Morgan fingerprint density at radius 2 is 1.69 bits per heavy atom. The third kappa shape index (κ3) is 8.31. The molecule has 0 aliphatic carbocycles. The molecule has 0 spiro atoms. The van der Waals surface area contributed by atoms with Crippen LogP contribution in [0.4, 0.5) is 5.69 Å². The maximum Gasteiger partial charge on any atom is 0.253 e. The van der Waals surface area contributed by atoms with Crippen molar-refractivity contribution >= 4 is 35.8 Å². The van der Waals surface area contributed by atoms with Crippen LogP contribution in [0, 0.1) is 5.41 Å². The van der Waals surface area contributed by atoms with E-state index < -0.39 is 5.41 Å². The van der Waals surface area contributed by atoms with Crippen molar-refractivity contribution in [2.24, 2.45) is 11.1 Å². The molecule has 0 radical (unpaired) electrons. The van der Waals surface area contributed by atoms with Crippen molar-refractivity contribution in [2.45, 2.75) is 33.6 Å². The SMILES string of the molecule is CC(C)(C)C(=O)NCCCC(=O)Nc1ccccc1C(=O)NCCN.Cl. The molecule has 146 valence electrons. The van der Waals surface area contributed by atoms with Gasteiger partial charge in [-0.3, -0.25) is 14.4 Å². The first-order chi connectivity index (χ1) is 11.8. The Bertz CT molecular complexity index is 615. The Labute approximate surface area is 160 Å². The summed E-state index contributed by atoms with van der Waals surface area (Å²) in [5.74, 6) is -0.530. The number of rotatable bonds is 8. The summed E-state index contributed by atoms with van der Waals surface area (Å²) in [6, 6.07) is 6.80. The lowest BCUT2D eigenvalue weighted by atomic mass is 9.96. The molecular formula is C18H29ClN4O3. The van der Waals surface area contributed by atoms with Gasteiger partial charge in [0.05, 0.1) is 11.3 Å². The zero-order valence-corrected chi connectivity index (χ0v) is 16.4. The van der Waals surface area contributed by atoms with Crippen LogP contribution < -0.4 is 21.7 Å². The molecule has 3 amide bonds. The molecule has 0 aliphatic rings. The van der Waals surface area contributed by atoms with E-state index in [1.54, 1.807) is 24.3 Å². The summed E-state index contributed by atoms with van der Waals surface area (Å²) in [5.41, 5.74) is 5.78. The second-order valence-electron chi connectivity index (χ2n) is 6.75. The van der Waals surface area contributed by atoms with E-state index in [0.717, 1.165) is 0 Å². The number of nitrogens with two attached hydrogens (primary N) is 1. The average Bonchev–Trinajstić information content (AvgIpc) is 2.56. The van der Waals surface area contributed by atoms with Gasteiger partial charge in [-0.15, -0.1) is 12.4 Å². The molecule has 0 fully saturated rings. The van der Waals surface area contributed by atoms with Crippen LogP contribution >= 0.6 is 12.4 Å². The summed E-state index contributed by atoms with van der Waals surface area (Å²) in [5, 5.41) is 8.22. The number of halogens is 1. The molecule has 1 rings (SSSR count). The number of benzene rings is 1. The van der Waals surface area contributed by atoms with Crippen LogP contribution in [0.3, 0.4) is 0 Å². The van der Waals surface area contributed by atoms with E-state index in [4.69, 9.17) is 5.73 Å². The van der Waals surface area contributed by atoms with Crippen LogP contribution in [-0.4, -0.2) is 37.4 Å². The molecule has 7 nitrogen and oxygen atoms in total. The standard InChI is InChI=1S/C18H28N4O3.ClH/c1-18(2,3)17(25)21-11-6-9-15(23)22-14-8-5-4-7-13(14)16(24)20-12-10-19;/h4-5,7-8H,6,9-12,19H2,1-3H3,(H,20,24)(H,21,25)(H,22,23);1H. The fourth-order valence-corrected chi connectivity index (χ4v) is 2.00. The van der Waals surface area contributed by atoms with Gasteiger partial charge >= 0.3 is 0 Å². The summed E-state index contributed by atoms with van der Waals surface area (Å²) in [7, 11) is 0. The highest BCUT2D eigenvalue weighted by molar-refractivity contribution is 6.03. The normalized spacial score (nSPS) is 10.5. The number of carbonyl (C=O) groups excluding carboxylic acids is 3. The second kappa shape index (κ2) is 11.5. The van der Waals surface area contributed by atoms with E-state index in [0.29, 0.717) is 37.3 Å². The van der Waals surface area contributed by atoms with E-state index in [1.165, 1.54) is 0 Å². The van der Waals surface area contributed by atoms with Crippen molar-refractivity contribution in [2.75, 3.05) is 25.0 Å². The zero-order chi connectivity index (χ0) is 18.9. The lowest BCUT2D eigenvalue weighted by Gasteiger charge is -2.17. The number of para-hydroxylation sites is 1. The van der Waals surface area contributed by atoms with Gasteiger partial charge in [-0.25, -0.2) is 0 Å². The van der Waals surface area contributed by atoms with E-state index in [9.17, 15) is 14.4 Å². The maximum absolute atomic E-state index is 12.1. The van der Waals surface area contributed by atoms with Crippen molar-refractivity contribution in [3.63, 3.8) is 0 Å². The molecule has 0 aliphatic heterocycles. The number of amides is 3. The van der Waals surface area contributed by atoms with E-state index >= 15 is 0 Å². The van der Waals surface area contributed by atoms with Crippen molar-refractivity contribution in [3.05, 3.63) is 29.8 Å². The maximum atomic E-state index is 12.1. The van der Waals surface area contributed by atoms with Crippen molar-refractivity contribution in [3.8, 4) is 0 Å². The van der Waals surface area contributed by atoms with Gasteiger partial charge < -0.3 is 21.7 Å². The molecule has 0 saturated heterocycles. The first kappa shape index (κ1) is 23.9. The van der Waals surface area contributed by atoms with Gasteiger partial charge in [0.1, 0.15) is 0 Å². The van der Waals surface area contributed by atoms with E-state index in [-0.39, 0.29) is 36.5 Å². The third-order valence-corrected chi connectivity index (χ3v) is 3.42. The van der Waals surface area contributed by atoms with Crippen molar-refractivity contribution < 1.29 is 14.4 Å². The lowest BCUT2D eigenvalue weighted by Crippen LogP contribution is -2.35. The van der Waals surface area contributed by atoms with Gasteiger partial charge in [-0.1, -0.05) is 32.9 Å². The van der Waals surface area contributed by atoms with Crippen molar-refractivity contribution in [1.29, 1.82) is 0 Å². The van der Waals surface area contributed by atoms with Gasteiger partial charge in [-0.05, 0) is 18.6 Å². The highest BCUT2D eigenvalue weighted by Gasteiger charge is 2.20. The van der Waals surface area contributed by atoms with E-state index in [2.05, 4.69) is 16.0 Å². The van der Waals surface area contributed by atoms with Gasteiger partial charge in [-0.2, -0.15) is 0 Å². The Balaban J connectivity index is 0.00000625. The highest BCUT2D eigenvalue weighted by Crippen LogP contribution is 2.15. The van der Waals surface area contributed by atoms with Gasteiger partial charge in [0.2, 0.25) is 11.8 Å². The molecule has 0 saturated carbocycles. The number of hydrogen-bond donors (Lipinski definition) is 4. The van der Waals surface area contributed by atoms with Crippen LogP contribution in [0.25, 0.3) is 0 Å². The number of nitrogens with one attached hydrogen (secondary N) is 3. The van der Waals surface area contributed by atoms with Crippen LogP contribution in [0.2, 0.25) is 0 Å². The lowest BCUT2D eigenvalue weighted by molar-refractivity contribution is -0.128. The summed E-state index contributed by atoms with van der Waals surface area (Å²) in [6.07, 6.45) is 0.776. The predicted octanol–water partition coefficient (Wildman–Crippen LogP) is 1.68. The van der Waals surface area contributed by atoms with Gasteiger partial charge in [0.25, 0.3) is 5.91 Å². The fourth-order valence-electron chi connectivity index (χ4n) is 2.00. The molecule has 0 aromatic heterocycles. The van der Waals surface area contributed by atoms with Crippen molar-refractivity contribution in [1.82, 2.24) is 10.6 Å². The molecule has 0 atom stereocenters. The molecular weight excluding hydrogens is 356 g/mol. The Hall–Kier alpha value is -2.12. The third-order valence-electron chi connectivity index (χ3n) is 3.42. The number of anilines is 1. The average molecular weight is 385 g/mol. The quantitative estimate of drug-likeness (QED) is 0.510. The largest absolute Gasteiger partial charge is 0.356 e. The molecule has 1 aromatic carbocycles. The molecule has 0 heterocycles. The topological polar surface area (TPSA) is 113 Å². The summed E-state index contributed by atoms with van der Waals surface area (Å²) in [6.45, 7) is 6.66. The Kier molecular flexibility index (Phi) is 10.6. The second-order valence-corrected chi connectivity index (χ2v) is 6.75. The molecule has 0 bridgehead atoms. The minimum Gasteiger partial charge on any atom is -0.356 e. The predicted molar refractivity (Wildman–Crippen MR) is 105 cm³/mol. The van der Waals surface area contributed by atoms with Gasteiger partial charge in [0, 0.05) is 31.5 Å². The fraction of sp³-hybridized carbons (Fsp3) is 0.500. The van der Waals surface area contributed by atoms with Crippen LogP contribution in [-0.2, 0) is 9.59 Å².